The van der Waals surface area contributed by atoms with Crippen LogP contribution in [-0.2, 0) is 0 Å². The predicted octanol–water partition coefficient (Wildman–Crippen LogP) is 1.13. The second kappa shape index (κ2) is 1.90. The van der Waals surface area contributed by atoms with Crippen LogP contribution in [0.5, 0.6) is 11.5 Å². The molecule has 0 bridgehead atoms. The summed E-state index contributed by atoms with van der Waals surface area (Å²) < 4.78 is 22.2. The highest BCUT2D eigenvalue weighted by Crippen LogP contribution is 2.32. The number of para-hydroxylation sites is 1. The van der Waals surface area contributed by atoms with Crippen molar-refractivity contribution in [3.05, 3.63) is 24.0 Å². The second-order valence-corrected chi connectivity index (χ2v) is 1.90. The van der Waals surface area contributed by atoms with E-state index in [4.69, 9.17) is 9.31 Å². The summed E-state index contributed by atoms with van der Waals surface area (Å²) in [6.45, 7) is 0. The second-order valence-electron chi connectivity index (χ2n) is 1.90. The van der Waals surface area contributed by atoms with Crippen LogP contribution in [-0.4, -0.2) is 7.69 Å². The molecule has 0 spiro atoms. The SMILES string of the molecule is Fc1cccc2c1O[B]O2. The van der Waals surface area contributed by atoms with Crippen molar-refractivity contribution in [2.24, 2.45) is 0 Å². The first-order valence-electron chi connectivity index (χ1n) is 2.81. The van der Waals surface area contributed by atoms with E-state index in [1.807, 2.05) is 0 Å². The minimum absolute atomic E-state index is 0.169. The van der Waals surface area contributed by atoms with Crippen LogP contribution >= 0.6 is 0 Å². The zero-order chi connectivity index (χ0) is 6.97. The fraction of sp³-hybridized carbons (Fsp3) is 0. The summed E-state index contributed by atoms with van der Waals surface area (Å²) in [6, 6.07) is 4.53. The lowest BCUT2D eigenvalue weighted by Crippen LogP contribution is -2.00. The molecule has 0 saturated carbocycles. The van der Waals surface area contributed by atoms with Gasteiger partial charge in [-0.1, -0.05) is 6.07 Å². The van der Waals surface area contributed by atoms with Gasteiger partial charge < -0.3 is 9.31 Å². The van der Waals surface area contributed by atoms with Crippen molar-refractivity contribution in [1.29, 1.82) is 0 Å². The van der Waals surface area contributed by atoms with Crippen molar-refractivity contribution in [3.8, 4) is 11.5 Å². The highest BCUT2D eigenvalue weighted by molar-refractivity contribution is 6.22. The largest absolute Gasteiger partial charge is 0.658 e. The Morgan fingerprint density at radius 1 is 1.30 bits per heavy atom. The lowest BCUT2D eigenvalue weighted by atomic mass is 10.3. The van der Waals surface area contributed by atoms with Crippen molar-refractivity contribution in [1.82, 2.24) is 0 Å². The van der Waals surface area contributed by atoms with Gasteiger partial charge in [0.15, 0.2) is 11.6 Å². The average molecular weight is 137 g/mol. The molecule has 0 unspecified atom stereocenters. The fourth-order valence-corrected chi connectivity index (χ4v) is 0.820. The molecule has 0 fully saturated rings. The van der Waals surface area contributed by atoms with Gasteiger partial charge in [-0.3, -0.25) is 0 Å². The third-order valence-corrected chi connectivity index (χ3v) is 1.27. The van der Waals surface area contributed by atoms with Gasteiger partial charge in [0, 0.05) is 0 Å². The molecular formula is C6H3BFO2. The molecule has 10 heavy (non-hydrogen) atoms. The van der Waals surface area contributed by atoms with Crippen LogP contribution in [0, 0.1) is 5.82 Å². The van der Waals surface area contributed by atoms with E-state index >= 15 is 0 Å². The van der Waals surface area contributed by atoms with E-state index in [1.165, 1.54) is 6.07 Å². The van der Waals surface area contributed by atoms with Crippen LogP contribution in [0.25, 0.3) is 0 Å². The number of hydrogen-bond acceptors (Lipinski definition) is 2. The average Bonchev–Trinajstić information content (AvgIpc) is 2.36. The maximum absolute atomic E-state index is 12.7. The minimum Gasteiger partial charge on any atom is -0.524 e. The summed E-state index contributed by atoms with van der Waals surface area (Å²) in [7, 11) is 1.10. The number of halogens is 1. The van der Waals surface area contributed by atoms with Gasteiger partial charge in [0.25, 0.3) is 0 Å². The Hall–Kier alpha value is -1.19. The third-order valence-electron chi connectivity index (χ3n) is 1.27. The van der Waals surface area contributed by atoms with Crippen LogP contribution in [0.3, 0.4) is 0 Å². The van der Waals surface area contributed by atoms with Gasteiger partial charge in [-0.05, 0) is 12.1 Å². The first-order chi connectivity index (χ1) is 4.88. The Kier molecular flexibility index (Phi) is 1.06. The van der Waals surface area contributed by atoms with Crippen LogP contribution < -0.4 is 9.31 Å². The first kappa shape index (κ1) is 5.59. The molecule has 0 aromatic heterocycles. The standard InChI is InChI=1S/C6H3BFO2/c8-4-2-1-3-5-6(4)10-7-9-5/h1-3H. The molecule has 49 valence electrons. The molecule has 1 aliphatic heterocycles. The van der Waals surface area contributed by atoms with E-state index in [-0.39, 0.29) is 5.75 Å². The summed E-state index contributed by atoms with van der Waals surface area (Å²) in [4.78, 5) is 0. The lowest BCUT2D eigenvalue weighted by Gasteiger charge is -1.95. The Labute approximate surface area is 57.9 Å². The van der Waals surface area contributed by atoms with E-state index in [0.717, 1.165) is 7.69 Å². The molecule has 0 N–H and O–H groups in total. The summed E-state index contributed by atoms with van der Waals surface area (Å²) in [5.41, 5.74) is 0. The molecule has 4 heteroatoms. The zero-order valence-corrected chi connectivity index (χ0v) is 5.00. The summed E-state index contributed by atoms with van der Waals surface area (Å²) >= 11 is 0. The molecule has 1 aromatic carbocycles. The zero-order valence-electron chi connectivity index (χ0n) is 5.00. The normalized spacial score (nSPS) is 12.9. The molecule has 2 rings (SSSR count). The van der Waals surface area contributed by atoms with Crippen molar-refractivity contribution < 1.29 is 13.7 Å². The number of benzene rings is 1. The molecule has 2 nitrogen and oxygen atoms in total. The highest BCUT2D eigenvalue weighted by atomic mass is 19.1. The topological polar surface area (TPSA) is 18.5 Å². The van der Waals surface area contributed by atoms with Crippen LogP contribution in [0.1, 0.15) is 0 Å². The number of hydrogen-bond donors (Lipinski definition) is 0. The van der Waals surface area contributed by atoms with Crippen molar-refractivity contribution in [3.63, 3.8) is 0 Å². The van der Waals surface area contributed by atoms with E-state index in [0.29, 0.717) is 5.75 Å². The number of fused-ring (bicyclic) bond motifs is 1. The summed E-state index contributed by atoms with van der Waals surface area (Å²) in [6.07, 6.45) is 0. The Morgan fingerprint density at radius 2 is 2.20 bits per heavy atom. The molecule has 0 amide bonds. The Balaban J connectivity index is 2.59. The van der Waals surface area contributed by atoms with Gasteiger partial charge in [0.05, 0.1) is 0 Å². The van der Waals surface area contributed by atoms with Crippen LogP contribution in [0.2, 0.25) is 0 Å². The minimum atomic E-state index is -0.397. The van der Waals surface area contributed by atoms with Gasteiger partial charge in [-0.25, -0.2) is 4.39 Å². The molecule has 1 heterocycles. The fourth-order valence-electron chi connectivity index (χ4n) is 0.820. The van der Waals surface area contributed by atoms with E-state index in [9.17, 15) is 4.39 Å². The molecule has 0 aliphatic carbocycles. The third kappa shape index (κ3) is 0.651. The van der Waals surface area contributed by atoms with Crippen LogP contribution in [0.15, 0.2) is 18.2 Å². The number of rotatable bonds is 0. The summed E-state index contributed by atoms with van der Waals surface area (Å²) in [5, 5.41) is 0. The molecule has 1 radical (unpaired) electrons. The van der Waals surface area contributed by atoms with Crippen LogP contribution in [0.4, 0.5) is 4.39 Å². The maximum Gasteiger partial charge on any atom is 0.658 e. The van der Waals surface area contributed by atoms with Crippen molar-refractivity contribution in [2.45, 2.75) is 0 Å². The van der Waals surface area contributed by atoms with Gasteiger partial charge in [0.2, 0.25) is 0 Å². The quantitative estimate of drug-likeness (QED) is 0.499. The van der Waals surface area contributed by atoms with Gasteiger partial charge in [-0.2, -0.15) is 0 Å². The molecular weight excluding hydrogens is 134 g/mol. The predicted molar refractivity (Wildman–Crippen MR) is 33.4 cm³/mol. The van der Waals surface area contributed by atoms with Gasteiger partial charge in [-0.15, -0.1) is 0 Å². The summed E-state index contributed by atoms with van der Waals surface area (Å²) in [5.74, 6) is 0.203. The molecule has 1 aliphatic rings. The van der Waals surface area contributed by atoms with Gasteiger partial charge >= 0.3 is 7.69 Å². The highest BCUT2D eigenvalue weighted by Gasteiger charge is 2.19. The van der Waals surface area contributed by atoms with Crippen molar-refractivity contribution >= 4 is 7.69 Å². The Morgan fingerprint density at radius 3 is 3.00 bits per heavy atom. The first-order valence-corrected chi connectivity index (χ1v) is 2.81. The Bertz CT molecular complexity index is 264. The van der Waals surface area contributed by atoms with Gasteiger partial charge in [0.1, 0.15) is 5.75 Å². The molecule has 0 saturated heterocycles. The smallest absolute Gasteiger partial charge is 0.524 e. The van der Waals surface area contributed by atoms with Crippen molar-refractivity contribution in [2.75, 3.05) is 0 Å². The van der Waals surface area contributed by atoms with E-state index in [2.05, 4.69) is 0 Å². The molecule has 0 atom stereocenters. The lowest BCUT2D eigenvalue weighted by molar-refractivity contribution is 0.512. The maximum atomic E-state index is 12.7. The van der Waals surface area contributed by atoms with E-state index in [1.54, 1.807) is 12.1 Å². The monoisotopic (exact) mass is 137 g/mol. The molecule has 1 aromatic rings. The van der Waals surface area contributed by atoms with E-state index < -0.39 is 5.82 Å².